The SMILES string of the molecule is C=CCC[C@@H]([C@@H](C(=O)OC(C)(C)C)[C@H](O)C=C)N(Cc1ccccc1)[C@@H](C)c1ccccc1. The average Bonchev–Trinajstić information content (AvgIpc) is 2.79. The minimum absolute atomic E-state index is 0.00294. The van der Waals surface area contributed by atoms with Gasteiger partial charge in [0.2, 0.25) is 0 Å². The lowest BCUT2D eigenvalue weighted by molar-refractivity contribution is -0.167. The molecule has 4 heteroatoms. The number of benzene rings is 2. The van der Waals surface area contributed by atoms with Crippen molar-refractivity contribution >= 4 is 5.97 Å². The normalized spacial score (nSPS) is 15.3. The zero-order valence-corrected chi connectivity index (χ0v) is 20.5. The third-order valence-electron chi connectivity index (χ3n) is 5.78. The largest absolute Gasteiger partial charge is 0.460 e. The van der Waals surface area contributed by atoms with E-state index in [0.717, 1.165) is 11.1 Å². The second-order valence-electron chi connectivity index (χ2n) is 9.46. The van der Waals surface area contributed by atoms with Crippen molar-refractivity contribution in [3.8, 4) is 0 Å². The molecular formula is C29H39NO3. The smallest absolute Gasteiger partial charge is 0.314 e. The fourth-order valence-electron chi connectivity index (χ4n) is 4.14. The molecule has 0 amide bonds. The van der Waals surface area contributed by atoms with Crippen LogP contribution in [-0.2, 0) is 16.1 Å². The Hall–Kier alpha value is -2.69. The van der Waals surface area contributed by atoms with Crippen molar-refractivity contribution in [1.29, 1.82) is 0 Å². The molecule has 0 aliphatic heterocycles. The van der Waals surface area contributed by atoms with Gasteiger partial charge >= 0.3 is 5.97 Å². The molecule has 4 nitrogen and oxygen atoms in total. The lowest BCUT2D eigenvalue weighted by Gasteiger charge is -2.42. The minimum Gasteiger partial charge on any atom is -0.460 e. The van der Waals surface area contributed by atoms with E-state index in [0.29, 0.717) is 19.4 Å². The summed E-state index contributed by atoms with van der Waals surface area (Å²) in [6.07, 6.45) is 3.62. The fraction of sp³-hybridized carbons (Fsp3) is 0.414. The average molecular weight is 450 g/mol. The first kappa shape index (κ1) is 26.6. The van der Waals surface area contributed by atoms with Gasteiger partial charge in [0, 0.05) is 18.6 Å². The number of carbonyl (C=O) groups excluding carboxylic acids is 1. The second-order valence-corrected chi connectivity index (χ2v) is 9.46. The Labute approximate surface area is 199 Å². The highest BCUT2D eigenvalue weighted by Gasteiger charge is 2.40. The third-order valence-corrected chi connectivity index (χ3v) is 5.78. The van der Waals surface area contributed by atoms with Gasteiger partial charge in [-0.25, -0.2) is 0 Å². The number of hydrogen-bond donors (Lipinski definition) is 1. The van der Waals surface area contributed by atoms with E-state index in [9.17, 15) is 9.90 Å². The van der Waals surface area contributed by atoms with E-state index in [1.54, 1.807) is 0 Å². The van der Waals surface area contributed by atoms with Gasteiger partial charge in [0.25, 0.3) is 0 Å². The fourth-order valence-corrected chi connectivity index (χ4v) is 4.14. The molecule has 0 saturated carbocycles. The molecule has 2 aromatic carbocycles. The van der Waals surface area contributed by atoms with Crippen molar-refractivity contribution in [3.63, 3.8) is 0 Å². The Balaban J connectivity index is 2.56. The molecule has 0 heterocycles. The first-order valence-electron chi connectivity index (χ1n) is 11.7. The van der Waals surface area contributed by atoms with Crippen LogP contribution in [0.15, 0.2) is 86.0 Å². The topological polar surface area (TPSA) is 49.8 Å². The number of aliphatic hydroxyl groups is 1. The van der Waals surface area contributed by atoms with Crippen LogP contribution in [0.5, 0.6) is 0 Å². The molecule has 1 N–H and O–H groups in total. The second kappa shape index (κ2) is 12.5. The van der Waals surface area contributed by atoms with Gasteiger partial charge in [0.05, 0.1) is 6.10 Å². The van der Waals surface area contributed by atoms with Crippen LogP contribution in [0.1, 0.15) is 57.7 Å². The summed E-state index contributed by atoms with van der Waals surface area (Å²) in [7, 11) is 0. The first-order valence-corrected chi connectivity index (χ1v) is 11.7. The van der Waals surface area contributed by atoms with Gasteiger partial charge in [-0.3, -0.25) is 9.69 Å². The van der Waals surface area contributed by atoms with Gasteiger partial charge in [0.15, 0.2) is 0 Å². The summed E-state index contributed by atoms with van der Waals surface area (Å²) in [5.74, 6) is -1.20. The molecule has 4 atom stereocenters. The number of carbonyl (C=O) groups is 1. The molecule has 0 saturated heterocycles. The van der Waals surface area contributed by atoms with Gasteiger partial charge < -0.3 is 9.84 Å². The van der Waals surface area contributed by atoms with E-state index in [1.165, 1.54) is 6.08 Å². The van der Waals surface area contributed by atoms with Crippen molar-refractivity contribution in [1.82, 2.24) is 4.90 Å². The van der Waals surface area contributed by atoms with E-state index in [2.05, 4.69) is 49.2 Å². The van der Waals surface area contributed by atoms with Crippen LogP contribution in [0.25, 0.3) is 0 Å². The molecule has 33 heavy (non-hydrogen) atoms. The summed E-state index contributed by atoms with van der Waals surface area (Å²) in [5.41, 5.74) is 1.63. The number of ether oxygens (including phenoxy) is 1. The summed E-state index contributed by atoms with van der Waals surface area (Å²) in [5, 5.41) is 11.0. The zero-order chi connectivity index (χ0) is 24.4. The van der Waals surface area contributed by atoms with Gasteiger partial charge in [-0.15, -0.1) is 13.2 Å². The van der Waals surface area contributed by atoms with E-state index in [4.69, 9.17) is 4.74 Å². The standard InChI is InChI=1S/C29H39NO3/c1-7-9-20-25(27(26(31)8-2)28(32)33-29(4,5)6)30(21-23-16-12-10-13-17-23)22(3)24-18-14-11-15-19-24/h7-8,10-19,22,25-27,31H,1-2,9,20-21H2,3-6H3/t22-,25-,26+,27+/m0/s1. The number of allylic oxidation sites excluding steroid dienone is 1. The Morgan fingerprint density at radius 1 is 1.06 bits per heavy atom. The number of nitrogens with zero attached hydrogens (tertiary/aromatic N) is 1. The first-order chi connectivity index (χ1) is 15.7. The zero-order valence-electron chi connectivity index (χ0n) is 20.5. The molecule has 0 radical (unpaired) electrons. The van der Waals surface area contributed by atoms with Crippen LogP contribution in [-0.4, -0.2) is 33.7 Å². The van der Waals surface area contributed by atoms with Crippen molar-refractivity contribution in [2.75, 3.05) is 0 Å². The Kier molecular flexibility index (Phi) is 10.1. The summed E-state index contributed by atoms with van der Waals surface area (Å²) in [4.78, 5) is 15.7. The quantitative estimate of drug-likeness (QED) is 0.315. The molecule has 0 spiro atoms. The summed E-state index contributed by atoms with van der Waals surface area (Å²) in [6.45, 7) is 16.0. The van der Waals surface area contributed by atoms with Crippen LogP contribution >= 0.6 is 0 Å². The molecule has 0 unspecified atom stereocenters. The number of aliphatic hydroxyl groups excluding tert-OH is 1. The number of esters is 1. The van der Waals surface area contributed by atoms with Crippen LogP contribution in [0.2, 0.25) is 0 Å². The summed E-state index contributed by atoms with van der Waals surface area (Å²) >= 11 is 0. The van der Waals surface area contributed by atoms with Crippen LogP contribution in [0.4, 0.5) is 0 Å². The highest BCUT2D eigenvalue weighted by molar-refractivity contribution is 5.75. The molecule has 0 bridgehead atoms. The minimum atomic E-state index is -1.03. The highest BCUT2D eigenvalue weighted by atomic mass is 16.6. The monoisotopic (exact) mass is 449 g/mol. The van der Waals surface area contributed by atoms with Gasteiger partial charge in [-0.2, -0.15) is 0 Å². The Bertz CT molecular complexity index is 873. The summed E-state index contributed by atoms with van der Waals surface area (Å²) in [6, 6.07) is 20.1. The highest BCUT2D eigenvalue weighted by Crippen LogP contribution is 2.33. The molecule has 2 aromatic rings. The predicted molar refractivity (Wildman–Crippen MR) is 136 cm³/mol. The molecule has 178 valence electrons. The summed E-state index contributed by atoms with van der Waals surface area (Å²) < 4.78 is 5.77. The lowest BCUT2D eigenvalue weighted by atomic mass is 9.86. The van der Waals surface area contributed by atoms with Crippen molar-refractivity contribution in [2.24, 2.45) is 5.92 Å². The van der Waals surface area contributed by atoms with E-state index < -0.39 is 23.6 Å². The maximum absolute atomic E-state index is 13.4. The van der Waals surface area contributed by atoms with Crippen molar-refractivity contribution in [3.05, 3.63) is 97.1 Å². The maximum Gasteiger partial charge on any atom is 0.314 e. The predicted octanol–water partition coefficient (Wildman–Crippen LogP) is 6.09. The van der Waals surface area contributed by atoms with Crippen LogP contribution < -0.4 is 0 Å². The lowest BCUT2D eigenvalue weighted by Crippen LogP contribution is -2.50. The van der Waals surface area contributed by atoms with E-state index in [1.807, 2.05) is 63.2 Å². The molecule has 0 aliphatic carbocycles. The Morgan fingerprint density at radius 3 is 2.15 bits per heavy atom. The van der Waals surface area contributed by atoms with Crippen molar-refractivity contribution in [2.45, 2.75) is 70.9 Å². The number of hydrogen-bond acceptors (Lipinski definition) is 4. The molecule has 0 fully saturated rings. The van der Waals surface area contributed by atoms with E-state index >= 15 is 0 Å². The van der Waals surface area contributed by atoms with Gasteiger partial charge in [-0.1, -0.05) is 72.8 Å². The van der Waals surface area contributed by atoms with Gasteiger partial charge in [0.1, 0.15) is 11.5 Å². The van der Waals surface area contributed by atoms with Gasteiger partial charge in [-0.05, 0) is 51.7 Å². The molecular weight excluding hydrogens is 410 g/mol. The third kappa shape index (κ3) is 7.99. The molecule has 0 aliphatic rings. The maximum atomic E-state index is 13.4. The van der Waals surface area contributed by atoms with Crippen LogP contribution in [0, 0.1) is 5.92 Å². The van der Waals surface area contributed by atoms with Crippen molar-refractivity contribution < 1.29 is 14.6 Å². The molecule has 0 aromatic heterocycles. The van der Waals surface area contributed by atoms with E-state index in [-0.39, 0.29) is 12.1 Å². The number of rotatable bonds is 12. The van der Waals surface area contributed by atoms with Crippen LogP contribution in [0.3, 0.4) is 0 Å². The Morgan fingerprint density at radius 2 is 1.64 bits per heavy atom. The molecule has 2 rings (SSSR count).